The zero-order chi connectivity index (χ0) is 24.1. The number of oxazole rings is 1. The zero-order valence-corrected chi connectivity index (χ0v) is 19.5. The SMILES string of the molecule is CC1(F)CCC(c2ncc(C(=O)NC34CC(NC(=O)COc5ccc(Cl)c(F)c5)(C3)C4)o2)CC1. The van der Waals surface area contributed by atoms with Crippen LogP contribution in [0.3, 0.4) is 0 Å². The molecule has 2 bridgehead atoms. The van der Waals surface area contributed by atoms with E-state index in [1.54, 1.807) is 6.92 Å². The fraction of sp³-hybridized carbons (Fsp3) is 0.542. The Bertz CT molecular complexity index is 1110. The zero-order valence-electron chi connectivity index (χ0n) is 18.8. The highest BCUT2D eigenvalue weighted by Crippen LogP contribution is 2.60. The molecule has 1 aromatic carbocycles. The summed E-state index contributed by atoms with van der Waals surface area (Å²) >= 11 is 5.63. The normalized spacial score (nSPS) is 31.7. The van der Waals surface area contributed by atoms with Gasteiger partial charge in [0.15, 0.2) is 12.5 Å². The van der Waals surface area contributed by atoms with Crippen molar-refractivity contribution >= 4 is 23.4 Å². The Morgan fingerprint density at radius 1 is 1.21 bits per heavy atom. The van der Waals surface area contributed by atoms with Gasteiger partial charge in [0.25, 0.3) is 11.8 Å². The lowest BCUT2D eigenvalue weighted by molar-refractivity contribution is -0.141. The third kappa shape index (κ3) is 4.50. The van der Waals surface area contributed by atoms with Crippen LogP contribution in [-0.2, 0) is 4.79 Å². The first kappa shape index (κ1) is 23.1. The van der Waals surface area contributed by atoms with Crippen molar-refractivity contribution in [1.29, 1.82) is 0 Å². The van der Waals surface area contributed by atoms with Gasteiger partial charge in [0, 0.05) is 23.1 Å². The molecule has 0 saturated heterocycles. The number of ether oxygens (including phenoxy) is 1. The van der Waals surface area contributed by atoms with E-state index in [9.17, 15) is 18.4 Å². The van der Waals surface area contributed by atoms with Crippen molar-refractivity contribution in [2.24, 2.45) is 0 Å². The highest BCUT2D eigenvalue weighted by molar-refractivity contribution is 6.30. The van der Waals surface area contributed by atoms with Gasteiger partial charge in [-0.2, -0.15) is 0 Å². The van der Waals surface area contributed by atoms with E-state index in [1.807, 2.05) is 0 Å². The molecule has 6 rings (SSSR count). The van der Waals surface area contributed by atoms with E-state index in [-0.39, 0.29) is 51.9 Å². The van der Waals surface area contributed by atoms with Crippen molar-refractivity contribution in [2.75, 3.05) is 6.61 Å². The van der Waals surface area contributed by atoms with E-state index < -0.39 is 11.5 Å². The number of amides is 2. The summed E-state index contributed by atoms with van der Waals surface area (Å²) in [7, 11) is 0. The van der Waals surface area contributed by atoms with Gasteiger partial charge in [0.05, 0.1) is 11.2 Å². The predicted molar refractivity (Wildman–Crippen MR) is 119 cm³/mol. The summed E-state index contributed by atoms with van der Waals surface area (Å²) in [5.74, 6) is -0.374. The molecule has 7 nitrogen and oxygen atoms in total. The van der Waals surface area contributed by atoms with Crippen LogP contribution >= 0.6 is 11.6 Å². The van der Waals surface area contributed by atoms with E-state index >= 15 is 0 Å². The van der Waals surface area contributed by atoms with E-state index in [2.05, 4.69) is 15.6 Å². The lowest BCUT2D eigenvalue weighted by Crippen LogP contribution is -2.84. The van der Waals surface area contributed by atoms with Crippen LogP contribution in [0.4, 0.5) is 8.78 Å². The second-order valence-electron chi connectivity index (χ2n) is 10.2. The van der Waals surface area contributed by atoms with Crippen LogP contribution in [0.2, 0.25) is 5.02 Å². The third-order valence-electron chi connectivity index (χ3n) is 7.20. The predicted octanol–water partition coefficient (Wildman–Crippen LogP) is 4.45. The summed E-state index contributed by atoms with van der Waals surface area (Å²) in [5.41, 5.74) is -1.86. The molecule has 182 valence electrons. The number of alkyl halides is 1. The molecule has 0 spiro atoms. The van der Waals surface area contributed by atoms with Gasteiger partial charge in [-0.15, -0.1) is 0 Å². The van der Waals surface area contributed by atoms with E-state index in [0.717, 1.165) is 6.07 Å². The maximum Gasteiger partial charge on any atom is 0.289 e. The topological polar surface area (TPSA) is 93.5 Å². The molecule has 0 atom stereocenters. The number of rotatable bonds is 7. The van der Waals surface area contributed by atoms with Crippen molar-refractivity contribution in [3.63, 3.8) is 0 Å². The van der Waals surface area contributed by atoms with Crippen molar-refractivity contribution in [3.05, 3.63) is 46.9 Å². The Balaban J connectivity index is 1.07. The standard InChI is InChI=1S/C24H26ClF2N3O4/c1-22(27)6-4-14(5-7-22)21-28-9-18(34-21)20(32)30-24-11-23(12-24,13-24)29-19(31)10-33-15-2-3-16(25)17(26)8-15/h2-3,8-9,14H,4-7,10-13H2,1H3,(H,29,31)(H,30,32). The van der Waals surface area contributed by atoms with Gasteiger partial charge in [-0.1, -0.05) is 11.6 Å². The molecule has 1 heterocycles. The number of carbonyl (C=O) groups is 2. The third-order valence-corrected chi connectivity index (χ3v) is 7.51. The minimum absolute atomic E-state index is 0.0158. The minimum Gasteiger partial charge on any atom is -0.484 e. The number of carbonyl (C=O) groups excluding carboxylic acids is 2. The second-order valence-corrected chi connectivity index (χ2v) is 10.6. The number of nitrogens with one attached hydrogen (secondary N) is 2. The van der Waals surface area contributed by atoms with Gasteiger partial charge >= 0.3 is 0 Å². The second kappa shape index (κ2) is 8.22. The van der Waals surface area contributed by atoms with Crippen LogP contribution in [-0.4, -0.2) is 40.2 Å². The van der Waals surface area contributed by atoms with Crippen LogP contribution in [0.5, 0.6) is 5.75 Å². The van der Waals surface area contributed by atoms with Crippen molar-refractivity contribution in [2.45, 2.75) is 74.5 Å². The van der Waals surface area contributed by atoms with Gasteiger partial charge in [0.1, 0.15) is 17.2 Å². The Morgan fingerprint density at radius 2 is 1.88 bits per heavy atom. The fourth-order valence-electron chi connectivity index (χ4n) is 5.45. The molecule has 2 amide bonds. The van der Waals surface area contributed by atoms with E-state index in [4.69, 9.17) is 20.8 Å². The van der Waals surface area contributed by atoms with Gasteiger partial charge in [-0.25, -0.2) is 13.8 Å². The quantitative estimate of drug-likeness (QED) is 0.594. The summed E-state index contributed by atoms with van der Waals surface area (Å²) in [6, 6.07) is 3.98. The molecule has 0 radical (unpaired) electrons. The Morgan fingerprint density at radius 3 is 2.56 bits per heavy atom. The molecule has 0 unspecified atom stereocenters. The van der Waals surface area contributed by atoms with Gasteiger partial charge in [-0.3, -0.25) is 9.59 Å². The van der Waals surface area contributed by atoms with Crippen LogP contribution in [0.1, 0.15) is 74.2 Å². The molecule has 4 aliphatic rings. The first-order valence-corrected chi connectivity index (χ1v) is 11.8. The summed E-state index contributed by atoms with van der Waals surface area (Å²) in [4.78, 5) is 29.2. The summed E-state index contributed by atoms with van der Waals surface area (Å²) in [6.45, 7) is 1.37. The van der Waals surface area contributed by atoms with Gasteiger partial charge in [0.2, 0.25) is 5.76 Å². The van der Waals surface area contributed by atoms with E-state index in [1.165, 1.54) is 18.3 Å². The highest BCUT2D eigenvalue weighted by Gasteiger charge is 2.69. The summed E-state index contributed by atoms with van der Waals surface area (Å²) < 4.78 is 38.5. The Kier molecular flexibility index (Phi) is 5.58. The van der Waals surface area contributed by atoms with Crippen LogP contribution in [0.15, 0.2) is 28.8 Å². The number of benzene rings is 1. The first-order chi connectivity index (χ1) is 16.1. The smallest absolute Gasteiger partial charge is 0.289 e. The van der Waals surface area contributed by atoms with Crippen molar-refractivity contribution in [1.82, 2.24) is 15.6 Å². The van der Waals surface area contributed by atoms with Crippen LogP contribution in [0.25, 0.3) is 0 Å². The monoisotopic (exact) mass is 493 g/mol. The number of hydrogen-bond donors (Lipinski definition) is 2. The summed E-state index contributed by atoms with van der Waals surface area (Å²) in [5, 5.41) is 5.93. The number of halogens is 3. The van der Waals surface area contributed by atoms with Crippen LogP contribution < -0.4 is 15.4 Å². The summed E-state index contributed by atoms with van der Waals surface area (Å²) in [6.07, 6.45) is 5.49. The fourth-order valence-corrected chi connectivity index (χ4v) is 5.57. The molecule has 4 fully saturated rings. The van der Waals surface area contributed by atoms with Gasteiger partial charge < -0.3 is 19.8 Å². The number of nitrogens with zero attached hydrogens (tertiary/aromatic N) is 1. The van der Waals surface area contributed by atoms with Gasteiger partial charge in [-0.05, 0) is 64.0 Å². The average Bonchev–Trinajstić information content (AvgIpc) is 3.22. The molecule has 2 aromatic rings. The average molecular weight is 494 g/mol. The molecule has 0 aliphatic heterocycles. The van der Waals surface area contributed by atoms with Crippen molar-refractivity contribution < 1.29 is 27.5 Å². The largest absolute Gasteiger partial charge is 0.484 e. The molecule has 1 aromatic heterocycles. The number of aromatic nitrogens is 1. The molecule has 2 N–H and O–H groups in total. The molecular weight excluding hydrogens is 468 g/mol. The molecule has 10 heteroatoms. The van der Waals surface area contributed by atoms with Crippen molar-refractivity contribution in [3.8, 4) is 5.75 Å². The highest BCUT2D eigenvalue weighted by atomic mass is 35.5. The molecule has 4 saturated carbocycles. The first-order valence-electron chi connectivity index (χ1n) is 11.4. The number of hydrogen-bond acceptors (Lipinski definition) is 5. The molecule has 4 aliphatic carbocycles. The molecule has 34 heavy (non-hydrogen) atoms. The maximum atomic E-state index is 14.0. The Labute approximate surface area is 200 Å². The van der Waals surface area contributed by atoms with Crippen LogP contribution in [0, 0.1) is 5.82 Å². The van der Waals surface area contributed by atoms with E-state index in [0.29, 0.717) is 50.8 Å². The lowest BCUT2D eigenvalue weighted by atomic mass is 9.44. The maximum absolute atomic E-state index is 14.0. The minimum atomic E-state index is -1.14. The Hall–Kier alpha value is -2.68. The lowest BCUT2D eigenvalue weighted by Gasteiger charge is -2.70. The molecular formula is C24H26ClF2N3O4.